The first-order valence-corrected chi connectivity index (χ1v) is 10.4. The van der Waals surface area contributed by atoms with Gasteiger partial charge in [0.1, 0.15) is 16.9 Å². The Morgan fingerprint density at radius 3 is 2.55 bits per heavy atom. The summed E-state index contributed by atoms with van der Waals surface area (Å²) < 4.78 is 0. The summed E-state index contributed by atoms with van der Waals surface area (Å²) in [5.74, 6) is -0.377. The van der Waals surface area contributed by atoms with Crippen LogP contribution in [0.4, 0.5) is 10.6 Å². The number of urea groups is 1. The van der Waals surface area contributed by atoms with Gasteiger partial charge in [-0.1, -0.05) is 13.8 Å². The Labute approximate surface area is 170 Å². The zero-order chi connectivity index (χ0) is 20.9. The van der Waals surface area contributed by atoms with E-state index in [4.69, 9.17) is 4.98 Å². The molecule has 0 unspecified atom stereocenters. The molecule has 0 bridgehead atoms. The molecule has 3 amide bonds. The molecule has 2 saturated heterocycles. The van der Waals surface area contributed by atoms with Crippen molar-refractivity contribution in [1.29, 1.82) is 0 Å². The summed E-state index contributed by atoms with van der Waals surface area (Å²) in [5, 5.41) is 9.70. The van der Waals surface area contributed by atoms with E-state index in [9.17, 15) is 19.5 Å². The number of carboxylic acid groups (broad SMARTS) is 1. The van der Waals surface area contributed by atoms with Crippen molar-refractivity contribution in [1.82, 2.24) is 14.8 Å². The highest BCUT2D eigenvalue weighted by Crippen LogP contribution is 2.39. The number of aromatic carboxylic acids is 1. The molecule has 2 aliphatic heterocycles. The maximum absolute atomic E-state index is 13.0. The Morgan fingerprint density at radius 1 is 1.24 bits per heavy atom. The van der Waals surface area contributed by atoms with Gasteiger partial charge in [0.15, 0.2) is 0 Å². The minimum Gasteiger partial charge on any atom is -0.478 e. The second-order valence-electron chi connectivity index (χ2n) is 8.79. The number of anilines is 1. The standard InChI is InChI=1S/C21H28N4O4/c1-13(2)12-25-20(29)23(3)19(28)21(25)7-9-24(10-8-21)17-15(18(26)27)11-14-5-4-6-16(14)22-17/h11,13H,4-10,12H2,1-3H3,(H,26,27). The number of hydrogen-bond donors (Lipinski definition) is 1. The number of carbonyl (C=O) groups is 3. The normalized spacial score (nSPS) is 20.9. The fourth-order valence-electron chi connectivity index (χ4n) is 4.93. The lowest BCUT2D eigenvalue weighted by molar-refractivity contribution is -0.133. The second-order valence-corrected chi connectivity index (χ2v) is 8.79. The van der Waals surface area contributed by atoms with Crippen molar-refractivity contribution in [2.45, 2.75) is 51.5 Å². The summed E-state index contributed by atoms with van der Waals surface area (Å²) >= 11 is 0. The zero-order valence-corrected chi connectivity index (χ0v) is 17.3. The number of carbonyl (C=O) groups excluding carboxylic acids is 2. The summed E-state index contributed by atoms with van der Waals surface area (Å²) in [5.41, 5.74) is 1.42. The van der Waals surface area contributed by atoms with Gasteiger partial charge in [0, 0.05) is 32.4 Å². The molecule has 8 heteroatoms. The highest BCUT2D eigenvalue weighted by Gasteiger charge is 2.57. The van der Waals surface area contributed by atoms with Crippen LogP contribution in [-0.2, 0) is 17.6 Å². The van der Waals surface area contributed by atoms with Crippen LogP contribution in [0.5, 0.6) is 0 Å². The van der Waals surface area contributed by atoms with E-state index >= 15 is 0 Å². The van der Waals surface area contributed by atoms with Crippen LogP contribution in [0.15, 0.2) is 6.07 Å². The first-order valence-electron chi connectivity index (χ1n) is 10.4. The summed E-state index contributed by atoms with van der Waals surface area (Å²) in [6, 6.07) is 1.53. The number of pyridine rings is 1. The molecule has 1 spiro atoms. The van der Waals surface area contributed by atoms with Crippen molar-refractivity contribution in [3.63, 3.8) is 0 Å². The molecule has 4 rings (SSSR count). The molecule has 0 radical (unpaired) electrons. The predicted molar refractivity (Wildman–Crippen MR) is 107 cm³/mol. The highest BCUT2D eigenvalue weighted by molar-refractivity contribution is 6.07. The molecule has 0 atom stereocenters. The van der Waals surface area contributed by atoms with Crippen LogP contribution in [-0.4, -0.2) is 70.0 Å². The van der Waals surface area contributed by atoms with E-state index in [2.05, 4.69) is 0 Å². The van der Waals surface area contributed by atoms with E-state index in [0.29, 0.717) is 38.3 Å². The third-order valence-corrected chi connectivity index (χ3v) is 6.44. The fourth-order valence-corrected chi connectivity index (χ4v) is 4.93. The van der Waals surface area contributed by atoms with Crippen LogP contribution in [0.3, 0.4) is 0 Å². The number of aromatic nitrogens is 1. The first-order chi connectivity index (χ1) is 13.7. The molecule has 1 aromatic rings. The number of hydrogen-bond acceptors (Lipinski definition) is 5. The molecular formula is C21H28N4O4. The number of aryl methyl sites for hydroxylation is 2. The summed E-state index contributed by atoms with van der Waals surface area (Å²) in [4.78, 5) is 47.1. The van der Waals surface area contributed by atoms with Gasteiger partial charge in [-0.2, -0.15) is 0 Å². The van der Waals surface area contributed by atoms with Crippen LogP contribution in [0.1, 0.15) is 54.7 Å². The third-order valence-electron chi connectivity index (χ3n) is 6.44. The van der Waals surface area contributed by atoms with Gasteiger partial charge in [-0.15, -0.1) is 0 Å². The molecule has 1 N–H and O–H groups in total. The van der Waals surface area contributed by atoms with Crippen molar-refractivity contribution in [3.8, 4) is 0 Å². The van der Waals surface area contributed by atoms with E-state index in [1.807, 2.05) is 18.7 Å². The van der Waals surface area contributed by atoms with Crippen molar-refractivity contribution in [2.75, 3.05) is 31.6 Å². The maximum Gasteiger partial charge on any atom is 0.339 e. The van der Waals surface area contributed by atoms with Gasteiger partial charge >= 0.3 is 12.0 Å². The summed E-state index contributed by atoms with van der Waals surface area (Å²) in [6.07, 6.45) is 3.71. The summed E-state index contributed by atoms with van der Waals surface area (Å²) in [6.45, 7) is 5.59. The Hall–Kier alpha value is -2.64. The molecule has 3 aliphatic rings. The lowest BCUT2D eigenvalue weighted by atomic mass is 9.85. The van der Waals surface area contributed by atoms with Gasteiger partial charge in [0.25, 0.3) is 5.91 Å². The molecule has 0 aromatic carbocycles. The maximum atomic E-state index is 13.0. The third kappa shape index (κ3) is 3.05. The topological polar surface area (TPSA) is 94.1 Å². The molecule has 0 saturated carbocycles. The van der Waals surface area contributed by atoms with Crippen LogP contribution < -0.4 is 4.90 Å². The van der Waals surface area contributed by atoms with Crippen LogP contribution in [0, 0.1) is 5.92 Å². The van der Waals surface area contributed by atoms with E-state index in [0.717, 1.165) is 30.5 Å². The van der Waals surface area contributed by atoms with Gasteiger partial charge in [-0.3, -0.25) is 9.69 Å². The first kappa shape index (κ1) is 19.7. The van der Waals surface area contributed by atoms with Crippen molar-refractivity contribution < 1.29 is 19.5 Å². The highest BCUT2D eigenvalue weighted by atomic mass is 16.4. The molecule has 2 fully saturated rings. The van der Waals surface area contributed by atoms with E-state index in [-0.39, 0.29) is 23.4 Å². The molecule has 8 nitrogen and oxygen atoms in total. The molecule has 1 aliphatic carbocycles. The SMILES string of the molecule is CC(C)CN1C(=O)N(C)C(=O)C12CCN(c1nc3c(cc1C(=O)O)CCC3)CC2. The fraction of sp³-hybridized carbons (Fsp3) is 0.619. The lowest BCUT2D eigenvalue weighted by Crippen LogP contribution is -2.57. The molecular weight excluding hydrogens is 372 g/mol. The Morgan fingerprint density at radius 2 is 1.93 bits per heavy atom. The van der Waals surface area contributed by atoms with E-state index in [1.54, 1.807) is 18.0 Å². The Bertz CT molecular complexity index is 874. The molecule has 29 heavy (non-hydrogen) atoms. The number of amides is 3. The monoisotopic (exact) mass is 400 g/mol. The minimum atomic E-state index is -0.976. The zero-order valence-electron chi connectivity index (χ0n) is 17.3. The Kier molecular flexibility index (Phi) is 4.75. The van der Waals surface area contributed by atoms with Gasteiger partial charge in [-0.05, 0) is 49.7 Å². The van der Waals surface area contributed by atoms with Crippen LogP contribution >= 0.6 is 0 Å². The van der Waals surface area contributed by atoms with Gasteiger partial charge in [-0.25, -0.2) is 14.6 Å². The summed E-state index contributed by atoms with van der Waals surface area (Å²) in [7, 11) is 1.55. The van der Waals surface area contributed by atoms with Crippen molar-refractivity contribution >= 4 is 23.7 Å². The van der Waals surface area contributed by atoms with Gasteiger partial charge in [0.05, 0.1) is 0 Å². The van der Waals surface area contributed by atoms with Gasteiger partial charge in [0.2, 0.25) is 0 Å². The van der Waals surface area contributed by atoms with E-state index in [1.165, 1.54) is 4.90 Å². The number of likely N-dealkylation sites (N-methyl/N-ethyl adjacent to an activating group) is 1. The Balaban J connectivity index is 1.62. The average Bonchev–Trinajstić information content (AvgIpc) is 3.22. The quantitative estimate of drug-likeness (QED) is 0.779. The molecule has 156 valence electrons. The van der Waals surface area contributed by atoms with Crippen molar-refractivity contribution in [3.05, 3.63) is 22.9 Å². The number of piperidine rings is 1. The predicted octanol–water partition coefficient (Wildman–Crippen LogP) is 2.16. The minimum absolute atomic E-state index is 0.150. The van der Waals surface area contributed by atoms with E-state index < -0.39 is 11.5 Å². The number of rotatable bonds is 4. The smallest absolute Gasteiger partial charge is 0.339 e. The molecule has 3 heterocycles. The van der Waals surface area contributed by atoms with Gasteiger partial charge < -0.3 is 14.9 Å². The second kappa shape index (κ2) is 7.00. The largest absolute Gasteiger partial charge is 0.478 e. The van der Waals surface area contributed by atoms with Crippen LogP contribution in [0.2, 0.25) is 0 Å². The number of nitrogens with zero attached hydrogens (tertiary/aromatic N) is 4. The van der Waals surface area contributed by atoms with Crippen LogP contribution in [0.25, 0.3) is 0 Å². The number of carboxylic acids is 1. The lowest BCUT2D eigenvalue weighted by Gasteiger charge is -2.43. The number of fused-ring (bicyclic) bond motifs is 1. The number of imide groups is 1. The molecule has 1 aromatic heterocycles. The average molecular weight is 400 g/mol. The van der Waals surface area contributed by atoms with Crippen molar-refractivity contribution in [2.24, 2.45) is 5.92 Å².